The molecule has 1 amide bonds. The molecule has 1 saturated heterocycles. The molecule has 1 fully saturated rings. The molecule has 1 aromatic heterocycles. The van der Waals surface area contributed by atoms with Crippen LogP contribution in [0.4, 0.5) is 16.0 Å². The zero-order valence-electron chi connectivity index (χ0n) is 15.8. The Labute approximate surface area is 158 Å². The summed E-state index contributed by atoms with van der Waals surface area (Å²) in [6.45, 7) is 1.17. The van der Waals surface area contributed by atoms with Crippen LogP contribution >= 0.6 is 0 Å². The van der Waals surface area contributed by atoms with E-state index in [0.717, 1.165) is 23.8 Å². The van der Waals surface area contributed by atoms with Crippen LogP contribution in [0.1, 0.15) is 12.8 Å². The quantitative estimate of drug-likeness (QED) is 0.866. The Bertz CT molecular complexity index is 789. The van der Waals surface area contributed by atoms with Gasteiger partial charge >= 0.3 is 0 Å². The monoisotopic (exact) mass is 373 g/mol. The molecule has 0 bridgehead atoms. The van der Waals surface area contributed by atoms with Gasteiger partial charge in [0, 0.05) is 38.9 Å². The van der Waals surface area contributed by atoms with Crippen molar-refractivity contribution >= 4 is 17.5 Å². The average molecular weight is 373 g/mol. The number of hydrogen-bond acceptors (Lipinski definition) is 6. The third-order valence-electron chi connectivity index (χ3n) is 4.78. The van der Waals surface area contributed by atoms with Crippen molar-refractivity contribution in [3.05, 3.63) is 42.5 Å². The van der Waals surface area contributed by atoms with Crippen molar-refractivity contribution in [3.8, 4) is 5.75 Å². The fraction of sp³-hybridized carbons (Fsp3) is 0.421. The molecule has 1 aliphatic rings. The maximum Gasteiger partial charge on any atom is 0.247 e. The molecule has 0 aliphatic carbocycles. The summed E-state index contributed by atoms with van der Waals surface area (Å²) in [4.78, 5) is 24.7. The number of nitrogens with zero attached hydrogens (tertiary/aromatic N) is 4. The van der Waals surface area contributed by atoms with E-state index in [0.29, 0.717) is 31.9 Å². The minimum atomic E-state index is -0.730. The number of likely N-dealkylation sites (N-methyl/N-ethyl adjacent to an activating group) is 1. The maximum atomic E-state index is 13.1. The van der Waals surface area contributed by atoms with Crippen molar-refractivity contribution in [2.75, 3.05) is 44.5 Å². The number of rotatable bonds is 5. The highest BCUT2D eigenvalue weighted by molar-refractivity contribution is 5.89. The highest BCUT2D eigenvalue weighted by Gasteiger charge is 2.42. The molecule has 144 valence electrons. The Kier molecular flexibility index (Phi) is 5.43. The first kappa shape index (κ1) is 18.9. The van der Waals surface area contributed by atoms with Gasteiger partial charge in [-0.15, -0.1) is 0 Å². The number of benzene rings is 1. The Morgan fingerprint density at radius 3 is 2.52 bits per heavy atom. The Morgan fingerprint density at radius 2 is 1.93 bits per heavy atom. The Balaban J connectivity index is 1.80. The first-order valence-electron chi connectivity index (χ1n) is 8.80. The number of carbonyl (C=O) groups excluding carboxylic acids is 1. The Hall–Kier alpha value is -2.90. The molecule has 3 rings (SSSR count). The van der Waals surface area contributed by atoms with Gasteiger partial charge in [-0.2, -0.15) is 0 Å². The van der Waals surface area contributed by atoms with Crippen LogP contribution in [0.5, 0.6) is 5.75 Å². The highest BCUT2D eigenvalue weighted by atomic mass is 19.1. The number of halogens is 1. The summed E-state index contributed by atoms with van der Waals surface area (Å²) in [6, 6.07) is 7.54. The van der Waals surface area contributed by atoms with Crippen LogP contribution in [0.25, 0.3) is 0 Å². The maximum absolute atomic E-state index is 13.1. The molecular weight excluding hydrogens is 349 g/mol. The number of piperidine rings is 1. The zero-order valence-corrected chi connectivity index (χ0v) is 15.8. The van der Waals surface area contributed by atoms with Gasteiger partial charge in [-0.25, -0.2) is 14.4 Å². The van der Waals surface area contributed by atoms with Gasteiger partial charge in [-0.1, -0.05) is 6.07 Å². The summed E-state index contributed by atoms with van der Waals surface area (Å²) in [5.41, 5.74) is 0.0999. The Morgan fingerprint density at radius 1 is 1.26 bits per heavy atom. The lowest BCUT2D eigenvalue weighted by Gasteiger charge is -2.43. The second kappa shape index (κ2) is 7.77. The molecule has 27 heavy (non-hydrogen) atoms. The predicted octanol–water partition coefficient (Wildman–Crippen LogP) is 2.16. The van der Waals surface area contributed by atoms with Crippen molar-refractivity contribution in [3.63, 3.8) is 0 Å². The van der Waals surface area contributed by atoms with E-state index in [1.165, 1.54) is 0 Å². The fourth-order valence-corrected chi connectivity index (χ4v) is 3.35. The van der Waals surface area contributed by atoms with Gasteiger partial charge < -0.3 is 19.9 Å². The van der Waals surface area contributed by atoms with E-state index < -0.39 is 11.4 Å². The van der Waals surface area contributed by atoms with Gasteiger partial charge in [0.2, 0.25) is 11.9 Å². The normalized spacial score (nSPS) is 15.9. The molecule has 1 N–H and O–H groups in total. The smallest absolute Gasteiger partial charge is 0.247 e. The lowest BCUT2D eigenvalue weighted by molar-refractivity contribution is -0.134. The van der Waals surface area contributed by atoms with E-state index in [4.69, 9.17) is 4.74 Å². The van der Waals surface area contributed by atoms with Crippen LogP contribution in [0, 0.1) is 5.82 Å². The van der Waals surface area contributed by atoms with Crippen LogP contribution in [0.15, 0.2) is 36.7 Å². The minimum absolute atomic E-state index is 0.0185. The third-order valence-corrected chi connectivity index (χ3v) is 4.78. The topological polar surface area (TPSA) is 70.6 Å². The molecule has 8 heteroatoms. The predicted molar refractivity (Wildman–Crippen MR) is 101 cm³/mol. The van der Waals surface area contributed by atoms with Crippen molar-refractivity contribution in [1.82, 2.24) is 14.9 Å². The summed E-state index contributed by atoms with van der Waals surface area (Å²) < 4.78 is 18.3. The summed E-state index contributed by atoms with van der Waals surface area (Å²) in [7, 11) is 5.13. The van der Waals surface area contributed by atoms with E-state index in [1.807, 2.05) is 29.2 Å². The van der Waals surface area contributed by atoms with Crippen molar-refractivity contribution < 1.29 is 13.9 Å². The second-order valence-corrected chi connectivity index (χ2v) is 6.83. The molecule has 0 saturated carbocycles. The number of anilines is 2. The molecule has 0 unspecified atom stereocenters. The summed E-state index contributed by atoms with van der Waals surface area (Å²) in [5.74, 6) is 0.755. The SMILES string of the molecule is COc1cccc(NC2(C(=O)N(C)C)CCN(c3ncc(F)cn3)CC2)c1. The van der Waals surface area contributed by atoms with Gasteiger partial charge in [0.15, 0.2) is 5.82 Å². The van der Waals surface area contributed by atoms with E-state index >= 15 is 0 Å². The van der Waals surface area contributed by atoms with Gasteiger partial charge in [0.1, 0.15) is 11.3 Å². The molecule has 2 heterocycles. The van der Waals surface area contributed by atoms with E-state index in [-0.39, 0.29) is 5.91 Å². The summed E-state index contributed by atoms with van der Waals surface area (Å²) in [6.07, 6.45) is 3.46. The second-order valence-electron chi connectivity index (χ2n) is 6.83. The minimum Gasteiger partial charge on any atom is -0.497 e. The molecule has 1 aliphatic heterocycles. The number of carbonyl (C=O) groups is 1. The lowest BCUT2D eigenvalue weighted by atomic mass is 9.85. The van der Waals surface area contributed by atoms with Crippen LogP contribution in [0.2, 0.25) is 0 Å². The molecular formula is C19H24FN5O2. The average Bonchev–Trinajstić information content (AvgIpc) is 2.68. The first-order valence-corrected chi connectivity index (χ1v) is 8.80. The number of amides is 1. The van der Waals surface area contributed by atoms with Crippen LogP contribution in [-0.4, -0.2) is 60.6 Å². The number of aromatic nitrogens is 2. The van der Waals surface area contributed by atoms with Gasteiger partial charge in [-0.3, -0.25) is 4.79 Å². The van der Waals surface area contributed by atoms with Crippen molar-refractivity contribution in [2.45, 2.75) is 18.4 Å². The van der Waals surface area contributed by atoms with E-state index in [2.05, 4.69) is 15.3 Å². The molecule has 0 atom stereocenters. The largest absolute Gasteiger partial charge is 0.497 e. The summed E-state index contributed by atoms with van der Waals surface area (Å²) >= 11 is 0. The molecule has 0 radical (unpaired) electrons. The number of hydrogen-bond donors (Lipinski definition) is 1. The molecule has 0 spiro atoms. The van der Waals surface area contributed by atoms with Crippen molar-refractivity contribution in [1.29, 1.82) is 0 Å². The fourth-order valence-electron chi connectivity index (χ4n) is 3.35. The van der Waals surface area contributed by atoms with E-state index in [9.17, 15) is 9.18 Å². The van der Waals surface area contributed by atoms with E-state index in [1.54, 1.807) is 26.1 Å². The summed E-state index contributed by atoms with van der Waals surface area (Å²) in [5, 5.41) is 3.43. The third kappa shape index (κ3) is 4.10. The first-order chi connectivity index (χ1) is 12.9. The van der Waals surface area contributed by atoms with Gasteiger partial charge in [0.05, 0.1) is 19.5 Å². The van der Waals surface area contributed by atoms with Gasteiger partial charge in [0.25, 0.3) is 0 Å². The molecule has 2 aromatic rings. The standard InChI is InChI=1S/C19H24FN5O2/c1-24(2)17(26)19(23-15-5-4-6-16(11-15)27-3)7-9-25(10-8-19)18-21-12-14(20)13-22-18/h4-6,11-13,23H,7-10H2,1-3H3. The lowest BCUT2D eigenvalue weighted by Crippen LogP contribution is -2.58. The highest BCUT2D eigenvalue weighted by Crippen LogP contribution is 2.31. The van der Waals surface area contributed by atoms with Crippen LogP contribution in [0.3, 0.4) is 0 Å². The van der Waals surface area contributed by atoms with Crippen molar-refractivity contribution in [2.24, 2.45) is 0 Å². The number of ether oxygens (including phenoxy) is 1. The number of methoxy groups -OCH3 is 1. The van der Waals surface area contributed by atoms with Gasteiger partial charge in [-0.05, 0) is 25.0 Å². The number of nitrogens with one attached hydrogen (secondary N) is 1. The van der Waals surface area contributed by atoms with Crippen LogP contribution < -0.4 is 15.0 Å². The zero-order chi connectivity index (χ0) is 19.4. The van der Waals surface area contributed by atoms with Crippen LogP contribution in [-0.2, 0) is 4.79 Å². The molecule has 7 nitrogen and oxygen atoms in total. The molecule has 1 aromatic carbocycles.